The predicted molar refractivity (Wildman–Crippen MR) is 158 cm³/mol. The molecule has 212 valence electrons. The minimum atomic E-state index is -0.0707. The Labute approximate surface area is 242 Å². The molecule has 1 aromatic heterocycles. The van der Waals surface area contributed by atoms with E-state index in [4.69, 9.17) is 16.1 Å². The molecule has 0 radical (unpaired) electrons. The Morgan fingerprint density at radius 3 is 2.40 bits per heavy atom. The van der Waals surface area contributed by atoms with Gasteiger partial charge in [-0.2, -0.15) is 0 Å². The van der Waals surface area contributed by atoms with E-state index >= 15 is 0 Å². The molecule has 0 bridgehead atoms. The van der Waals surface area contributed by atoms with Gasteiger partial charge in [0.1, 0.15) is 11.3 Å². The van der Waals surface area contributed by atoms with Crippen molar-refractivity contribution in [3.05, 3.63) is 81.7 Å². The number of para-hydroxylation sites is 1. The summed E-state index contributed by atoms with van der Waals surface area (Å²) in [6.45, 7) is 10.00. The molecule has 2 heterocycles. The van der Waals surface area contributed by atoms with Gasteiger partial charge in [0, 0.05) is 55.9 Å². The lowest BCUT2D eigenvalue weighted by Crippen LogP contribution is -2.39. The van der Waals surface area contributed by atoms with Crippen molar-refractivity contribution < 1.29 is 14.1 Å². The Morgan fingerprint density at radius 2 is 1.70 bits per heavy atom. The SMILES string of the molecule is Cc1onc(C(C)C)c1C(=O)N1CCCN(Cc2ccc(Cl)cc2)CCCN(C(=O)C2CC2)c2ccccc2C1. The average Bonchev–Trinajstić information content (AvgIpc) is 3.71. The third-order valence-electron chi connectivity index (χ3n) is 7.85. The molecule has 1 fully saturated rings. The molecule has 0 unspecified atom stereocenters. The van der Waals surface area contributed by atoms with Crippen molar-refractivity contribution in [2.75, 3.05) is 31.1 Å². The molecule has 1 aliphatic carbocycles. The molecule has 7 nitrogen and oxygen atoms in total. The number of rotatable bonds is 5. The van der Waals surface area contributed by atoms with Crippen LogP contribution < -0.4 is 4.90 Å². The highest BCUT2D eigenvalue weighted by Gasteiger charge is 2.35. The second-order valence-corrected chi connectivity index (χ2v) is 11.8. The van der Waals surface area contributed by atoms with Gasteiger partial charge in [-0.3, -0.25) is 14.5 Å². The van der Waals surface area contributed by atoms with E-state index in [2.05, 4.69) is 22.2 Å². The van der Waals surface area contributed by atoms with Crippen LogP contribution in [0.4, 0.5) is 5.69 Å². The molecule has 2 aliphatic rings. The van der Waals surface area contributed by atoms with Gasteiger partial charge in [-0.1, -0.05) is 60.9 Å². The molecule has 2 amide bonds. The van der Waals surface area contributed by atoms with Crippen LogP contribution in [0.15, 0.2) is 53.1 Å². The molecule has 2 aromatic carbocycles. The van der Waals surface area contributed by atoms with Crippen molar-refractivity contribution in [2.45, 2.75) is 65.5 Å². The first-order chi connectivity index (χ1) is 19.3. The summed E-state index contributed by atoms with van der Waals surface area (Å²) in [5.74, 6) is 0.847. The zero-order valence-electron chi connectivity index (χ0n) is 23.7. The van der Waals surface area contributed by atoms with Gasteiger partial charge in [-0.05, 0) is 67.9 Å². The number of anilines is 1. The Hall–Kier alpha value is -3.16. The molecule has 0 atom stereocenters. The lowest BCUT2D eigenvalue weighted by atomic mass is 10.0. The minimum absolute atomic E-state index is 0.0673. The first-order valence-corrected chi connectivity index (χ1v) is 14.8. The second kappa shape index (κ2) is 12.6. The quantitative estimate of drug-likeness (QED) is 0.358. The molecule has 8 heteroatoms. The van der Waals surface area contributed by atoms with Gasteiger partial charge in [-0.25, -0.2) is 0 Å². The Bertz CT molecular complexity index is 1330. The number of carbonyl (C=O) groups is 2. The van der Waals surface area contributed by atoms with Gasteiger partial charge in [0.2, 0.25) is 5.91 Å². The Balaban J connectivity index is 1.47. The molecule has 0 saturated heterocycles. The number of halogens is 1. The van der Waals surface area contributed by atoms with Crippen LogP contribution in [0.2, 0.25) is 5.02 Å². The fourth-order valence-electron chi connectivity index (χ4n) is 5.52. The van der Waals surface area contributed by atoms with E-state index in [0.29, 0.717) is 36.7 Å². The summed E-state index contributed by atoms with van der Waals surface area (Å²) in [5, 5.41) is 4.94. The summed E-state index contributed by atoms with van der Waals surface area (Å²) < 4.78 is 5.48. The summed E-state index contributed by atoms with van der Waals surface area (Å²) in [6, 6.07) is 16.0. The van der Waals surface area contributed by atoms with Crippen LogP contribution in [0, 0.1) is 12.8 Å². The van der Waals surface area contributed by atoms with E-state index in [9.17, 15) is 9.59 Å². The Kier molecular flexibility index (Phi) is 8.91. The number of nitrogens with zero attached hydrogens (tertiary/aromatic N) is 4. The molecule has 0 N–H and O–H groups in total. The standard InChI is InChI=1S/C32H39ClN4O3/c1-22(2)30-29(23(3)40-34-30)32(39)36-18-6-16-35(20-24-10-14-27(33)15-11-24)17-7-19-37(31(38)25-12-13-25)28-9-5-4-8-26(28)21-36/h4-5,8-11,14-15,22,25H,6-7,12-13,16-21H2,1-3H3. The number of hydrogen-bond donors (Lipinski definition) is 0. The van der Waals surface area contributed by atoms with Crippen molar-refractivity contribution in [1.29, 1.82) is 0 Å². The van der Waals surface area contributed by atoms with Crippen LogP contribution in [-0.2, 0) is 17.9 Å². The third kappa shape index (κ3) is 6.58. The molecule has 1 saturated carbocycles. The van der Waals surface area contributed by atoms with Crippen LogP contribution >= 0.6 is 11.6 Å². The van der Waals surface area contributed by atoms with Crippen molar-refractivity contribution in [3.63, 3.8) is 0 Å². The highest BCUT2D eigenvalue weighted by molar-refractivity contribution is 6.30. The summed E-state index contributed by atoms with van der Waals surface area (Å²) >= 11 is 6.12. The lowest BCUT2D eigenvalue weighted by molar-refractivity contribution is -0.119. The van der Waals surface area contributed by atoms with Crippen molar-refractivity contribution in [2.24, 2.45) is 5.92 Å². The third-order valence-corrected chi connectivity index (χ3v) is 8.10. The van der Waals surface area contributed by atoms with E-state index in [1.165, 1.54) is 5.56 Å². The lowest BCUT2D eigenvalue weighted by Gasteiger charge is -2.32. The first-order valence-electron chi connectivity index (χ1n) is 14.4. The fraction of sp³-hybridized carbons (Fsp3) is 0.469. The zero-order valence-corrected chi connectivity index (χ0v) is 24.5. The maximum atomic E-state index is 14.1. The van der Waals surface area contributed by atoms with Gasteiger partial charge < -0.3 is 14.3 Å². The number of benzene rings is 2. The van der Waals surface area contributed by atoms with Gasteiger partial charge in [0.05, 0.1) is 5.69 Å². The number of fused-ring (bicyclic) bond motifs is 1. The summed E-state index contributed by atoms with van der Waals surface area (Å²) in [7, 11) is 0. The maximum Gasteiger partial charge on any atom is 0.259 e. The molecular formula is C32H39ClN4O3. The van der Waals surface area contributed by atoms with Crippen LogP contribution in [-0.4, -0.2) is 52.9 Å². The zero-order chi connectivity index (χ0) is 28.2. The smallest absolute Gasteiger partial charge is 0.259 e. The average molecular weight is 563 g/mol. The second-order valence-electron chi connectivity index (χ2n) is 11.4. The maximum absolute atomic E-state index is 14.1. The van der Waals surface area contributed by atoms with Crippen LogP contribution in [0.25, 0.3) is 0 Å². The van der Waals surface area contributed by atoms with Gasteiger partial charge in [-0.15, -0.1) is 0 Å². The van der Waals surface area contributed by atoms with E-state index < -0.39 is 0 Å². The van der Waals surface area contributed by atoms with Crippen LogP contribution in [0.5, 0.6) is 0 Å². The molecule has 0 spiro atoms. The van der Waals surface area contributed by atoms with Crippen LogP contribution in [0.3, 0.4) is 0 Å². The summed E-state index contributed by atoms with van der Waals surface area (Å²) in [4.78, 5) is 33.9. The van der Waals surface area contributed by atoms with Gasteiger partial charge in [0.15, 0.2) is 0 Å². The number of amides is 2. The van der Waals surface area contributed by atoms with Crippen molar-refractivity contribution in [1.82, 2.24) is 15.0 Å². The summed E-state index contributed by atoms with van der Waals surface area (Å²) in [6.07, 6.45) is 3.61. The minimum Gasteiger partial charge on any atom is -0.361 e. The van der Waals surface area contributed by atoms with E-state index in [-0.39, 0.29) is 23.7 Å². The fourth-order valence-corrected chi connectivity index (χ4v) is 5.65. The normalized spacial score (nSPS) is 17.3. The number of aromatic nitrogens is 1. The molecule has 5 rings (SSSR count). The number of carbonyl (C=O) groups excluding carboxylic acids is 2. The monoisotopic (exact) mass is 562 g/mol. The molecule has 1 aliphatic heterocycles. The number of hydrogen-bond acceptors (Lipinski definition) is 5. The van der Waals surface area contributed by atoms with Crippen LogP contribution in [0.1, 0.15) is 78.4 Å². The molecular weight excluding hydrogens is 524 g/mol. The van der Waals surface area contributed by atoms with E-state index in [0.717, 1.165) is 61.6 Å². The van der Waals surface area contributed by atoms with E-state index in [1.54, 1.807) is 6.92 Å². The van der Waals surface area contributed by atoms with Crippen molar-refractivity contribution >= 4 is 29.1 Å². The predicted octanol–water partition coefficient (Wildman–Crippen LogP) is 6.44. The molecule has 40 heavy (non-hydrogen) atoms. The highest BCUT2D eigenvalue weighted by Crippen LogP contribution is 2.35. The van der Waals surface area contributed by atoms with Crippen molar-refractivity contribution in [3.8, 4) is 0 Å². The topological polar surface area (TPSA) is 69.9 Å². The first kappa shape index (κ1) is 28.4. The van der Waals surface area contributed by atoms with Gasteiger partial charge >= 0.3 is 0 Å². The highest BCUT2D eigenvalue weighted by atomic mass is 35.5. The Morgan fingerprint density at radius 1 is 1.00 bits per heavy atom. The van der Waals surface area contributed by atoms with Gasteiger partial charge in [0.25, 0.3) is 5.91 Å². The number of aryl methyl sites for hydroxylation is 1. The largest absolute Gasteiger partial charge is 0.361 e. The molecule has 3 aromatic rings. The summed E-state index contributed by atoms with van der Waals surface area (Å²) in [5.41, 5.74) is 4.35. The van der Waals surface area contributed by atoms with E-state index in [1.807, 2.05) is 60.0 Å².